The number of ether oxygens (including phenoxy) is 2. The highest BCUT2D eigenvalue weighted by atomic mass is 32.2. The van der Waals surface area contributed by atoms with Crippen molar-refractivity contribution in [1.82, 2.24) is 4.72 Å². The molecule has 0 atom stereocenters. The van der Waals surface area contributed by atoms with Gasteiger partial charge in [-0.1, -0.05) is 12.8 Å². The molecule has 0 saturated heterocycles. The summed E-state index contributed by atoms with van der Waals surface area (Å²) in [5.74, 6) is -0.971. The summed E-state index contributed by atoms with van der Waals surface area (Å²) < 4.78 is 73.9. The predicted octanol–water partition coefficient (Wildman–Crippen LogP) is 4.07. The van der Waals surface area contributed by atoms with E-state index >= 15 is 0 Å². The van der Waals surface area contributed by atoms with Gasteiger partial charge in [-0.25, -0.2) is 13.1 Å². The molecule has 3 rings (SSSR count). The molecule has 7 nitrogen and oxygen atoms in total. The summed E-state index contributed by atoms with van der Waals surface area (Å²) in [6, 6.07) is 8.39. The van der Waals surface area contributed by atoms with Crippen molar-refractivity contribution >= 4 is 21.6 Å². The normalized spacial score (nSPS) is 15.0. The summed E-state index contributed by atoms with van der Waals surface area (Å²) in [6.45, 7) is 0. The maximum atomic E-state index is 12.8. The number of methoxy groups -OCH3 is 1. The summed E-state index contributed by atoms with van der Waals surface area (Å²) in [6.07, 6.45) is -1.44. The van der Waals surface area contributed by atoms with Gasteiger partial charge in [0.2, 0.25) is 10.0 Å². The van der Waals surface area contributed by atoms with E-state index in [9.17, 15) is 26.4 Å². The van der Waals surface area contributed by atoms with Crippen LogP contribution in [-0.2, 0) is 10.0 Å². The monoisotopic (exact) mass is 458 g/mol. The SMILES string of the molecule is COc1ccc(C(=O)Nc2ccc(OC(F)(F)F)cc2)cc1S(=O)(=O)NC1CCCC1. The van der Waals surface area contributed by atoms with Crippen molar-refractivity contribution in [2.45, 2.75) is 43.0 Å². The van der Waals surface area contributed by atoms with E-state index in [1.165, 1.54) is 37.4 Å². The third-order valence-corrected chi connectivity index (χ3v) is 6.28. The van der Waals surface area contributed by atoms with Gasteiger partial charge in [0.05, 0.1) is 7.11 Å². The Morgan fingerprint density at radius 3 is 2.29 bits per heavy atom. The number of sulfonamides is 1. The van der Waals surface area contributed by atoms with E-state index in [1.54, 1.807) is 0 Å². The minimum Gasteiger partial charge on any atom is -0.495 e. The molecule has 2 N–H and O–H groups in total. The third kappa shape index (κ3) is 6.11. The van der Waals surface area contributed by atoms with Crippen LogP contribution in [0.1, 0.15) is 36.0 Å². The van der Waals surface area contributed by atoms with Crippen LogP contribution in [0.5, 0.6) is 11.5 Å². The van der Waals surface area contributed by atoms with E-state index in [1.807, 2.05) is 0 Å². The van der Waals surface area contributed by atoms with Crippen molar-refractivity contribution in [2.75, 3.05) is 12.4 Å². The first kappa shape index (κ1) is 22.9. The average Bonchev–Trinajstić information content (AvgIpc) is 3.20. The molecule has 0 spiro atoms. The predicted molar refractivity (Wildman–Crippen MR) is 107 cm³/mol. The van der Waals surface area contributed by atoms with Crippen LogP contribution in [0.4, 0.5) is 18.9 Å². The van der Waals surface area contributed by atoms with E-state index in [2.05, 4.69) is 14.8 Å². The number of hydrogen-bond acceptors (Lipinski definition) is 5. The number of hydrogen-bond donors (Lipinski definition) is 2. The van der Waals surface area contributed by atoms with Gasteiger partial charge < -0.3 is 14.8 Å². The largest absolute Gasteiger partial charge is 0.573 e. The van der Waals surface area contributed by atoms with Gasteiger partial charge in [0.15, 0.2) is 0 Å². The maximum absolute atomic E-state index is 12.8. The fourth-order valence-electron chi connectivity index (χ4n) is 3.30. The first-order valence-corrected chi connectivity index (χ1v) is 10.9. The highest BCUT2D eigenvalue weighted by Crippen LogP contribution is 2.28. The lowest BCUT2D eigenvalue weighted by molar-refractivity contribution is -0.274. The number of benzene rings is 2. The van der Waals surface area contributed by atoms with Crippen LogP contribution in [0.3, 0.4) is 0 Å². The molecule has 0 heterocycles. The van der Waals surface area contributed by atoms with Gasteiger partial charge in [-0.2, -0.15) is 0 Å². The number of rotatable bonds is 7. The molecule has 1 aliphatic carbocycles. The summed E-state index contributed by atoms with van der Waals surface area (Å²) in [4.78, 5) is 12.4. The van der Waals surface area contributed by atoms with Gasteiger partial charge in [0.25, 0.3) is 5.91 Å². The molecule has 168 valence electrons. The third-order valence-electron chi connectivity index (χ3n) is 4.74. The summed E-state index contributed by atoms with van der Waals surface area (Å²) in [5, 5.41) is 2.51. The number of anilines is 1. The lowest BCUT2D eigenvalue weighted by Gasteiger charge is -2.16. The Morgan fingerprint density at radius 1 is 1.06 bits per heavy atom. The van der Waals surface area contributed by atoms with Crippen LogP contribution < -0.4 is 19.5 Å². The van der Waals surface area contributed by atoms with Crippen LogP contribution in [0, 0.1) is 0 Å². The molecule has 2 aromatic carbocycles. The zero-order chi connectivity index (χ0) is 22.6. The molecule has 0 bridgehead atoms. The Kier molecular flexibility index (Phi) is 6.75. The van der Waals surface area contributed by atoms with E-state index in [4.69, 9.17) is 4.74 Å². The Bertz CT molecular complexity index is 1030. The second kappa shape index (κ2) is 9.15. The number of carbonyl (C=O) groups is 1. The molecule has 0 aliphatic heterocycles. The second-order valence-corrected chi connectivity index (χ2v) is 8.68. The van der Waals surface area contributed by atoms with Crippen LogP contribution >= 0.6 is 0 Å². The fourth-order valence-corrected chi connectivity index (χ4v) is 4.80. The molecule has 1 fully saturated rings. The second-order valence-electron chi connectivity index (χ2n) is 6.99. The zero-order valence-electron chi connectivity index (χ0n) is 16.5. The Hall–Kier alpha value is -2.79. The Morgan fingerprint density at radius 2 is 1.71 bits per heavy atom. The van der Waals surface area contributed by atoms with Gasteiger partial charge in [0.1, 0.15) is 16.4 Å². The quantitative estimate of drug-likeness (QED) is 0.653. The summed E-state index contributed by atoms with van der Waals surface area (Å²) >= 11 is 0. The van der Waals surface area contributed by atoms with Crippen molar-refractivity contribution in [2.24, 2.45) is 0 Å². The van der Waals surface area contributed by atoms with Crippen molar-refractivity contribution in [3.05, 3.63) is 48.0 Å². The van der Waals surface area contributed by atoms with Gasteiger partial charge in [-0.3, -0.25) is 4.79 Å². The van der Waals surface area contributed by atoms with Crippen molar-refractivity contribution < 1.29 is 35.9 Å². The molecule has 11 heteroatoms. The van der Waals surface area contributed by atoms with E-state index in [0.717, 1.165) is 37.8 Å². The van der Waals surface area contributed by atoms with Crippen molar-refractivity contribution in [3.8, 4) is 11.5 Å². The maximum Gasteiger partial charge on any atom is 0.573 e. The van der Waals surface area contributed by atoms with Crippen LogP contribution in [0.25, 0.3) is 0 Å². The molecule has 0 unspecified atom stereocenters. The number of halogens is 3. The first-order chi connectivity index (χ1) is 14.6. The fraction of sp³-hybridized carbons (Fsp3) is 0.350. The molecule has 0 aromatic heterocycles. The molecular weight excluding hydrogens is 437 g/mol. The number of carbonyl (C=O) groups excluding carboxylic acids is 1. The minimum atomic E-state index is -4.82. The smallest absolute Gasteiger partial charge is 0.495 e. The van der Waals surface area contributed by atoms with Crippen molar-refractivity contribution in [3.63, 3.8) is 0 Å². The highest BCUT2D eigenvalue weighted by Gasteiger charge is 2.31. The molecule has 1 saturated carbocycles. The first-order valence-electron chi connectivity index (χ1n) is 9.45. The Labute approximate surface area is 177 Å². The molecule has 1 aliphatic rings. The standard InChI is InChI=1S/C20H21F3N2O5S/c1-29-17-11-6-13(12-18(17)31(27,28)25-15-4-2-3-5-15)19(26)24-14-7-9-16(10-8-14)30-20(21,22)23/h6-12,15,25H,2-5H2,1H3,(H,24,26). The molecule has 0 radical (unpaired) electrons. The van der Waals surface area contributed by atoms with Crippen LogP contribution in [0.15, 0.2) is 47.4 Å². The van der Waals surface area contributed by atoms with E-state index < -0.39 is 28.0 Å². The highest BCUT2D eigenvalue weighted by molar-refractivity contribution is 7.89. The summed E-state index contributed by atoms with van der Waals surface area (Å²) in [7, 11) is -2.59. The molecule has 2 aromatic rings. The van der Waals surface area contributed by atoms with Gasteiger partial charge in [0, 0.05) is 17.3 Å². The van der Waals surface area contributed by atoms with Crippen LogP contribution in [-0.4, -0.2) is 33.8 Å². The lowest BCUT2D eigenvalue weighted by atomic mass is 10.2. The topological polar surface area (TPSA) is 93.7 Å². The number of alkyl halides is 3. The molecule has 1 amide bonds. The number of amides is 1. The van der Waals surface area contributed by atoms with Crippen LogP contribution in [0.2, 0.25) is 0 Å². The van der Waals surface area contributed by atoms with Gasteiger partial charge in [-0.15, -0.1) is 13.2 Å². The average molecular weight is 458 g/mol. The van der Waals surface area contributed by atoms with Gasteiger partial charge >= 0.3 is 6.36 Å². The van der Waals surface area contributed by atoms with E-state index in [-0.39, 0.29) is 27.9 Å². The van der Waals surface area contributed by atoms with Crippen molar-refractivity contribution in [1.29, 1.82) is 0 Å². The Balaban J connectivity index is 1.78. The molecular formula is C20H21F3N2O5S. The zero-order valence-corrected chi connectivity index (χ0v) is 17.3. The number of nitrogens with one attached hydrogen (secondary N) is 2. The minimum absolute atomic E-state index is 0.0446. The van der Waals surface area contributed by atoms with Gasteiger partial charge in [-0.05, 0) is 55.3 Å². The molecule has 31 heavy (non-hydrogen) atoms. The lowest BCUT2D eigenvalue weighted by Crippen LogP contribution is -2.33. The summed E-state index contributed by atoms with van der Waals surface area (Å²) in [5.41, 5.74) is 0.257. The van der Waals surface area contributed by atoms with E-state index in [0.29, 0.717) is 0 Å².